The van der Waals surface area contributed by atoms with Crippen LogP contribution < -0.4 is 0 Å². The topological polar surface area (TPSA) is 0 Å². The van der Waals surface area contributed by atoms with Crippen LogP contribution in [0.3, 0.4) is 0 Å². The van der Waals surface area contributed by atoms with Crippen LogP contribution in [0.25, 0.3) is 0 Å². The maximum atomic E-state index is 6.04. The van der Waals surface area contributed by atoms with Gasteiger partial charge in [0.15, 0.2) is 0 Å². The zero-order chi connectivity index (χ0) is 13.7. The van der Waals surface area contributed by atoms with Crippen molar-refractivity contribution in [3.63, 3.8) is 0 Å². The summed E-state index contributed by atoms with van der Waals surface area (Å²) in [5.41, 5.74) is 2.70. The smallest absolute Gasteiger partial charge is 0.0408 e. The second-order valence-electron chi connectivity index (χ2n) is 4.68. The van der Waals surface area contributed by atoms with E-state index in [2.05, 4.69) is 74.9 Å². The monoisotopic (exact) mass is 448 g/mol. The van der Waals surface area contributed by atoms with Crippen molar-refractivity contribution in [2.75, 3.05) is 5.33 Å². The van der Waals surface area contributed by atoms with Crippen molar-refractivity contribution in [1.29, 1.82) is 0 Å². The van der Waals surface area contributed by atoms with E-state index in [1.807, 2.05) is 12.1 Å². The van der Waals surface area contributed by atoms with Crippen LogP contribution in [0.15, 0.2) is 48.5 Å². The Bertz CT molecular complexity index is 525. The molecule has 19 heavy (non-hydrogen) atoms. The third kappa shape index (κ3) is 5.09. The molecule has 100 valence electrons. The maximum absolute atomic E-state index is 6.04. The molecule has 0 aliphatic carbocycles. The minimum atomic E-state index is 0.596. The summed E-state index contributed by atoms with van der Waals surface area (Å²) >= 11 is 12.0. The molecule has 0 heterocycles. The summed E-state index contributed by atoms with van der Waals surface area (Å²) in [6, 6.07) is 16.9. The Balaban J connectivity index is 2.02. The zero-order valence-corrected chi connectivity index (χ0v) is 15.0. The first kappa shape index (κ1) is 15.3. The molecule has 2 aromatic carbocycles. The molecule has 0 aromatic heterocycles. The van der Waals surface area contributed by atoms with E-state index < -0.39 is 0 Å². The molecule has 0 spiro atoms. The average Bonchev–Trinajstić information content (AvgIpc) is 2.40. The highest BCUT2D eigenvalue weighted by Crippen LogP contribution is 2.20. The number of alkyl halides is 1. The Morgan fingerprint density at radius 2 is 1.68 bits per heavy atom. The fraction of sp³-hybridized carbons (Fsp3) is 0.250. The third-order valence-electron chi connectivity index (χ3n) is 3.07. The highest BCUT2D eigenvalue weighted by atomic mass is 127. The van der Waals surface area contributed by atoms with Crippen molar-refractivity contribution in [2.45, 2.75) is 12.8 Å². The summed E-state index contributed by atoms with van der Waals surface area (Å²) < 4.78 is 1.28. The fourth-order valence-corrected chi connectivity index (χ4v) is 3.16. The fourth-order valence-electron chi connectivity index (χ4n) is 2.13. The molecular formula is C16H15BrClI. The molecule has 0 saturated heterocycles. The standard InChI is InChI=1S/C16H15BrClI/c17-11-14(8-12-4-6-16(19)7-5-12)9-13-2-1-3-15(18)10-13/h1-7,10,14H,8-9,11H2. The Hall–Kier alpha value is -0.0600. The number of rotatable bonds is 5. The Kier molecular flexibility index (Phi) is 6.17. The van der Waals surface area contributed by atoms with Crippen molar-refractivity contribution in [2.24, 2.45) is 5.92 Å². The molecule has 0 aliphatic heterocycles. The van der Waals surface area contributed by atoms with Gasteiger partial charge in [0.25, 0.3) is 0 Å². The minimum Gasteiger partial charge on any atom is -0.0925 e. The van der Waals surface area contributed by atoms with Crippen LogP contribution in [0.4, 0.5) is 0 Å². The van der Waals surface area contributed by atoms with Gasteiger partial charge in [-0.25, -0.2) is 0 Å². The SMILES string of the molecule is Clc1cccc(CC(CBr)Cc2ccc(I)cc2)c1. The van der Waals surface area contributed by atoms with Gasteiger partial charge in [-0.3, -0.25) is 0 Å². The van der Waals surface area contributed by atoms with Gasteiger partial charge >= 0.3 is 0 Å². The first-order valence-electron chi connectivity index (χ1n) is 6.22. The van der Waals surface area contributed by atoms with Gasteiger partial charge in [-0.05, 0) is 76.7 Å². The molecule has 0 radical (unpaired) electrons. The number of benzene rings is 2. The summed E-state index contributed by atoms with van der Waals surface area (Å²) in [4.78, 5) is 0. The van der Waals surface area contributed by atoms with E-state index >= 15 is 0 Å². The van der Waals surface area contributed by atoms with Crippen LogP contribution in [0, 0.1) is 9.49 Å². The van der Waals surface area contributed by atoms with Gasteiger partial charge in [-0.15, -0.1) is 0 Å². The molecule has 1 unspecified atom stereocenters. The minimum absolute atomic E-state index is 0.596. The third-order valence-corrected chi connectivity index (χ3v) is 4.94. The lowest BCUT2D eigenvalue weighted by Crippen LogP contribution is -2.10. The molecular weight excluding hydrogens is 434 g/mol. The summed E-state index contributed by atoms with van der Waals surface area (Å²) in [7, 11) is 0. The summed E-state index contributed by atoms with van der Waals surface area (Å²) in [6.45, 7) is 0. The summed E-state index contributed by atoms with van der Waals surface area (Å²) in [6.07, 6.45) is 2.15. The normalized spacial score (nSPS) is 12.4. The largest absolute Gasteiger partial charge is 0.0925 e. The molecule has 0 aliphatic rings. The average molecular weight is 450 g/mol. The van der Waals surface area contributed by atoms with Crippen molar-refractivity contribution < 1.29 is 0 Å². The summed E-state index contributed by atoms with van der Waals surface area (Å²) in [5.74, 6) is 0.596. The first-order valence-corrected chi connectivity index (χ1v) is 8.80. The van der Waals surface area contributed by atoms with E-state index in [0.29, 0.717) is 5.92 Å². The molecule has 2 rings (SSSR count). The molecule has 3 heteroatoms. The molecule has 0 nitrogen and oxygen atoms in total. The maximum Gasteiger partial charge on any atom is 0.0408 e. The molecule has 0 saturated carbocycles. The van der Waals surface area contributed by atoms with Gasteiger partial charge in [-0.2, -0.15) is 0 Å². The van der Waals surface area contributed by atoms with E-state index in [1.165, 1.54) is 14.7 Å². The van der Waals surface area contributed by atoms with Gasteiger partial charge in [0.2, 0.25) is 0 Å². The molecule has 0 fully saturated rings. The van der Waals surface area contributed by atoms with Crippen molar-refractivity contribution >= 4 is 50.1 Å². The highest BCUT2D eigenvalue weighted by molar-refractivity contribution is 14.1. The lowest BCUT2D eigenvalue weighted by molar-refractivity contribution is 0.591. The molecule has 0 amide bonds. The van der Waals surface area contributed by atoms with Gasteiger partial charge in [-0.1, -0.05) is 51.8 Å². The quantitative estimate of drug-likeness (QED) is 0.403. The second-order valence-corrected chi connectivity index (χ2v) is 7.01. The van der Waals surface area contributed by atoms with E-state index in [1.54, 1.807) is 0 Å². The van der Waals surface area contributed by atoms with Gasteiger partial charge in [0.05, 0.1) is 0 Å². The van der Waals surface area contributed by atoms with Gasteiger partial charge in [0.1, 0.15) is 0 Å². The van der Waals surface area contributed by atoms with Crippen molar-refractivity contribution in [1.82, 2.24) is 0 Å². The van der Waals surface area contributed by atoms with Crippen molar-refractivity contribution in [3.05, 3.63) is 68.3 Å². The van der Waals surface area contributed by atoms with E-state index in [0.717, 1.165) is 23.2 Å². The zero-order valence-electron chi connectivity index (χ0n) is 10.5. The Morgan fingerprint density at radius 3 is 2.32 bits per heavy atom. The molecule has 2 aromatic rings. The molecule has 0 bridgehead atoms. The predicted octanol–water partition coefficient (Wildman–Crippen LogP) is 5.74. The lowest BCUT2D eigenvalue weighted by Gasteiger charge is -2.14. The van der Waals surface area contributed by atoms with Crippen LogP contribution in [0.5, 0.6) is 0 Å². The number of halogens is 3. The van der Waals surface area contributed by atoms with E-state index in [9.17, 15) is 0 Å². The van der Waals surface area contributed by atoms with Crippen LogP contribution >= 0.6 is 50.1 Å². The number of hydrogen-bond acceptors (Lipinski definition) is 0. The van der Waals surface area contributed by atoms with Crippen LogP contribution in [0.1, 0.15) is 11.1 Å². The summed E-state index contributed by atoms with van der Waals surface area (Å²) in [5, 5.41) is 1.82. The van der Waals surface area contributed by atoms with Gasteiger partial charge < -0.3 is 0 Å². The molecule has 0 N–H and O–H groups in total. The number of hydrogen-bond donors (Lipinski definition) is 0. The van der Waals surface area contributed by atoms with Crippen LogP contribution in [0.2, 0.25) is 5.02 Å². The van der Waals surface area contributed by atoms with E-state index in [4.69, 9.17) is 11.6 Å². The van der Waals surface area contributed by atoms with Crippen LogP contribution in [-0.4, -0.2) is 5.33 Å². The Morgan fingerprint density at radius 1 is 1.00 bits per heavy atom. The lowest BCUT2D eigenvalue weighted by atomic mass is 9.94. The predicted molar refractivity (Wildman–Crippen MR) is 95.3 cm³/mol. The van der Waals surface area contributed by atoms with E-state index in [-0.39, 0.29) is 0 Å². The first-order chi connectivity index (χ1) is 9.17. The van der Waals surface area contributed by atoms with Crippen LogP contribution in [-0.2, 0) is 12.8 Å². The highest BCUT2D eigenvalue weighted by Gasteiger charge is 2.10. The second kappa shape index (κ2) is 7.65. The van der Waals surface area contributed by atoms with Gasteiger partial charge in [0, 0.05) is 13.9 Å². The Labute approximate surface area is 141 Å². The van der Waals surface area contributed by atoms with Crippen molar-refractivity contribution in [3.8, 4) is 0 Å². The molecule has 1 atom stereocenters.